The van der Waals surface area contributed by atoms with Gasteiger partial charge < -0.3 is 4.48 Å². The van der Waals surface area contributed by atoms with Gasteiger partial charge in [-0.05, 0) is 38.5 Å². The van der Waals surface area contributed by atoms with Gasteiger partial charge in [-0.15, -0.1) is 0 Å². The maximum absolute atomic E-state index is 2.36. The van der Waals surface area contributed by atoms with Crippen LogP contribution in [-0.2, 0) is 0 Å². The molecule has 0 spiro atoms. The number of unbranched alkanes of at least 4 members (excludes halogenated alkanes) is 6. The Bertz CT molecular complexity index is 157. The third kappa shape index (κ3) is 9.49. The van der Waals surface area contributed by atoms with E-state index in [0.717, 1.165) is 0 Å². The van der Waals surface area contributed by atoms with E-state index in [1.165, 1.54) is 94.9 Å². The van der Waals surface area contributed by atoms with Crippen LogP contribution in [0.5, 0.6) is 0 Å². The van der Waals surface area contributed by atoms with E-state index in [0.29, 0.717) is 0 Å². The summed E-state index contributed by atoms with van der Waals surface area (Å²) in [6, 6.07) is 0. The van der Waals surface area contributed by atoms with Crippen LogP contribution >= 0.6 is 0 Å². The second-order valence-corrected chi connectivity index (χ2v) is 6.36. The number of quaternary nitrogens is 1. The van der Waals surface area contributed by atoms with Crippen molar-refractivity contribution >= 4 is 0 Å². The molecule has 0 aliphatic carbocycles. The Morgan fingerprint density at radius 1 is 0.421 bits per heavy atom. The lowest BCUT2D eigenvalue weighted by molar-refractivity contribution is -0.928. The Labute approximate surface area is 123 Å². The highest BCUT2D eigenvalue weighted by molar-refractivity contribution is 4.50. The zero-order valence-electron chi connectivity index (χ0n) is 14.3. The molecule has 0 unspecified atom stereocenters. The van der Waals surface area contributed by atoms with Gasteiger partial charge in [-0.2, -0.15) is 0 Å². The first-order valence-electron chi connectivity index (χ1n) is 9.09. The molecule has 0 bridgehead atoms. The van der Waals surface area contributed by atoms with Crippen molar-refractivity contribution in [3.63, 3.8) is 0 Å². The summed E-state index contributed by atoms with van der Waals surface area (Å²) in [6.07, 6.45) is 14.0. The van der Waals surface area contributed by atoms with Gasteiger partial charge in [0.2, 0.25) is 0 Å². The average molecular weight is 271 g/mol. The molecule has 0 atom stereocenters. The lowest BCUT2D eigenvalue weighted by atomic mass is 10.1. The molecule has 0 aliphatic heterocycles. The highest BCUT2D eigenvalue weighted by Crippen LogP contribution is 2.16. The summed E-state index contributed by atoms with van der Waals surface area (Å²) >= 11 is 0. The van der Waals surface area contributed by atoms with E-state index in [4.69, 9.17) is 0 Å². The Balaban J connectivity index is 4.22. The summed E-state index contributed by atoms with van der Waals surface area (Å²) in [5.41, 5.74) is 0. The molecule has 1 nitrogen and oxygen atoms in total. The van der Waals surface area contributed by atoms with Gasteiger partial charge in [0, 0.05) is 0 Å². The van der Waals surface area contributed by atoms with Crippen LogP contribution in [-0.4, -0.2) is 30.7 Å². The molecule has 0 aliphatic rings. The number of hydrogen-bond donors (Lipinski definition) is 0. The Morgan fingerprint density at radius 3 is 1.16 bits per heavy atom. The Morgan fingerprint density at radius 2 is 0.842 bits per heavy atom. The molecule has 0 aromatic heterocycles. The molecule has 116 valence electrons. The SMILES string of the molecule is CCCCCC[N+](CCC)(CCC)CCCCCC. The van der Waals surface area contributed by atoms with Crippen molar-refractivity contribution in [2.75, 3.05) is 26.2 Å². The van der Waals surface area contributed by atoms with Crippen molar-refractivity contribution in [2.24, 2.45) is 0 Å². The van der Waals surface area contributed by atoms with Crippen LogP contribution < -0.4 is 0 Å². The zero-order chi connectivity index (χ0) is 14.4. The number of nitrogens with zero attached hydrogens (tertiary/aromatic N) is 1. The maximum Gasteiger partial charge on any atom is 0.0786 e. The fraction of sp³-hybridized carbons (Fsp3) is 1.00. The maximum atomic E-state index is 2.36. The molecular formula is C18H40N+. The van der Waals surface area contributed by atoms with Crippen molar-refractivity contribution < 1.29 is 4.48 Å². The van der Waals surface area contributed by atoms with E-state index in [1.807, 2.05) is 0 Å². The quantitative estimate of drug-likeness (QED) is 0.277. The van der Waals surface area contributed by atoms with E-state index >= 15 is 0 Å². The highest BCUT2D eigenvalue weighted by atomic mass is 15.3. The first-order chi connectivity index (χ1) is 9.24. The monoisotopic (exact) mass is 270 g/mol. The second-order valence-electron chi connectivity index (χ2n) is 6.36. The van der Waals surface area contributed by atoms with Crippen molar-refractivity contribution in [1.82, 2.24) is 0 Å². The predicted molar refractivity (Wildman–Crippen MR) is 88.6 cm³/mol. The summed E-state index contributed by atoms with van der Waals surface area (Å²) in [6.45, 7) is 15.0. The molecule has 0 rings (SSSR count). The molecular weight excluding hydrogens is 230 g/mol. The standard InChI is InChI=1S/C18H40N/c1-5-9-11-13-17-19(15-7-3,16-8-4)18-14-12-10-6-2/h5-18H2,1-4H3/q+1. The van der Waals surface area contributed by atoms with Crippen molar-refractivity contribution in [3.8, 4) is 0 Å². The summed E-state index contributed by atoms with van der Waals surface area (Å²) in [4.78, 5) is 0. The molecule has 1 heteroatoms. The van der Waals surface area contributed by atoms with Crippen molar-refractivity contribution in [3.05, 3.63) is 0 Å². The van der Waals surface area contributed by atoms with E-state index < -0.39 is 0 Å². The summed E-state index contributed by atoms with van der Waals surface area (Å²) in [5.74, 6) is 0. The van der Waals surface area contributed by atoms with Crippen molar-refractivity contribution in [2.45, 2.75) is 91.9 Å². The van der Waals surface area contributed by atoms with Gasteiger partial charge >= 0.3 is 0 Å². The van der Waals surface area contributed by atoms with Crippen LogP contribution in [0.4, 0.5) is 0 Å². The van der Waals surface area contributed by atoms with Crippen molar-refractivity contribution in [1.29, 1.82) is 0 Å². The first kappa shape index (κ1) is 19.0. The van der Waals surface area contributed by atoms with Gasteiger partial charge in [-0.25, -0.2) is 0 Å². The fourth-order valence-electron chi connectivity index (χ4n) is 3.37. The lowest BCUT2D eigenvalue weighted by Crippen LogP contribution is -2.50. The normalized spacial score (nSPS) is 12.0. The van der Waals surface area contributed by atoms with Crippen LogP contribution in [0, 0.1) is 0 Å². The van der Waals surface area contributed by atoms with E-state index in [9.17, 15) is 0 Å². The third-order valence-corrected chi connectivity index (χ3v) is 4.37. The molecule has 0 aromatic carbocycles. The molecule has 0 radical (unpaired) electrons. The minimum atomic E-state index is 1.35. The van der Waals surface area contributed by atoms with Gasteiger partial charge in [-0.3, -0.25) is 0 Å². The second kappa shape index (κ2) is 13.0. The largest absolute Gasteiger partial charge is 0.324 e. The van der Waals surface area contributed by atoms with Gasteiger partial charge in [0.25, 0.3) is 0 Å². The van der Waals surface area contributed by atoms with Gasteiger partial charge in [0.05, 0.1) is 26.2 Å². The number of rotatable bonds is 14. The Kier molecular flexibility index (Phi) is 12.9. The minimum absolute atomic E-state index is 1.35. The smallest absolute Gasteiger partial charge is 0.0786 e. The van der Waals surface area contributed by atoms with E-state index in [1.54, 1.807) is 0 Å². The lowest BCUT2D eigenvalue weighted by Gasteiger charge is -2.39. The molecule has 0 N–H and O–H groups in total. The predicted octanol–water partition coefficient (Wildman–Crippen LogP) is 5.78. The third-order valence-electron chi connectivity index (χ3n) is 4.37. The summed E-state index contributed by atoms with van der Waals surface area (Å²) < 4.78 is 1.42. The first-order valence-corrected chi connectivity index (χ1v) is 9.09. The van der Waals surface area contributed by atoms with Crippen LogP contribution in [0.1, 0.15) is 91.9 Å². The average Bonchev–Trinajstić information content (AvgIpc) is 2.41. The molecule has 0 amide bonds. The Hall–Kier alpha value is -0.0400. The molecule has 0 saturated heterocycles. The molecule has 0 aromatic rings. The summed E-state index contributed by atoms with van der Waals surface area (Å²) in [5, 5.41) is 0. The van der Waals surface area contributed by atoms with Crippen LogP contribution in [0.15, 0.2) is 0 Å². The molecule has 0 saturated carbocycles. The topological polar surface area (TPSA) is 0 Å². The van der Waals surface area contributed by atoms with E-state index in [-0.39, 0.29) is 0 Å². The zero-order valence-corrected chi connectivity index (χ0v) is 14.3. The van der Waals surface area contributed by atoms with Gasteiger partial charge in [-0.1, -0.05) is 53.4 Å². The fourth-order valence-corrected chi connectivity index (χ4v) is 3.37. The van der Waals surface area contributed by atoms with Gasteiger partial charge in [0.1, 0.15) is 0 Å². The van der Waals surface area contributed by atoms with Gasteiger partial charge in [0.15, 0.2) is 0 Å². The van der Waals surface area contributed by atoms with Crippen LogP contribution in [0.25, 0.3) is 0 Å². The number of hydrogen-bond acceptors (Lipinski definition) is 0. The summed E-state index contributed by atoms with van der Waals surface area (Å²) in [7, 11) is 0. The molecule has 0 heterocycles. The minimum Gasteiger partial charge on any atom is -0.324 e. The molecule has 19 heavy (non-hydrogen) atoms. The van der Waals surface area contributed by atoms with Crippen LogP contribution in [0.3, 0.4) is 0 Å². The van der Waals surface area contributed by atoms with Crippen LogP contribution in [0.2, 0.25) is 0 Å². The molecule has 0 fully saturated rings. The van der Waals surface area contributed by atoms with E-state index in [2.05, 4.69) is 27.7 Å². The highest BCUT2D eigenvalue weighted by Gasteiger charge is 2.24.